The van der Waals surface area contributed by atoms with E-state index in [1.165, 1.54) is 18.4 Å². The van der Waals surface area contributed by atoms with E-state index in [0.717, 1.165) is 48.4 Å². The number of nitrogens with one attached hydrogen (secondary N) is 1. The van der Waals surface area contributed by atoms with Gasteiger partial charge in [0.25, 0.3) is 5.91 Å². The third-order valence-corrected chi connectivity index (χ3v) is 7.57. The summed E-state index contributed by atoms with van der Waals surface area (Å²) in [5.41, 5.74) is 2.94. The molecule has 0 aliphatic carbocycles. The normalized spacial score (nSPS) is 23.4. The number of hydrogen-bond acceptors (Lipinski definition) is 2. The fourth-order valence-corrected chi connectivity index (χ4v) is 5.84. The summed E-state index contributed by atoms with van der Waals surface area (Å²) in [5.74, 6) is 0.679. The number of para-hydroxylation sites is 1. The summed E-state index contributed by atoms with van der Waals surface area (Å²) in [6.07, 6.45) is 4.84. The third kappa shape index (κ3) is 4.11. The summed E-state index contributed by atoms with van der Waals surface area (Å²) in [7, 11) is 0. The average molecular weight is 436 g/mol. The number of aromatic nitrogens is 1. The van der Waals surface area contributed by atoms with Crippen molar-refractivity contribution in [3.05, 3.63) is 70.9 Å². The van der Waals surface area contributed by atoms with E-state index in [1.807, 2.05) is 47.4 Å². The molecule has 31 heavy (non-hydrogen) atoms. The number of amides is 1. The Morgan fingerprint density at radius 3 is 2.52 bits per heavy atom. The molecule has 2 aromatic carbocycles. The molecule has 0 saturated carbocycles. The fraction of sp³-hybridized carbons (Fsp3) is 0.423. The largest absolute Gasteiger partial charge is 0.351 e. The van der Waals surface area contributed by atoms with Gasteiger partial charge in [0.2, 0.25) is 0 Å². The molecule has 5 heteroatoms. The van der Waals surface area contributed by atoms with Crippen LogP contribution in [0.15, 0.2) is 54.6 Å². The van der Waals surface area contributed by atoms with Crippen molar-refractivity contribution in [2.75, 3.05) is 13.1 Å². The number of aromatic amines is 1. The number of H-pyrrole nitrogens is 1. The van der Waals surface area contributed by atoms with Crippen LogP contribution in [-0.2, 0) is 6.54 Å². The van der Waals surface area contributed by atoms with Crippen molar-refractivity contribution in [2.24, 2.45) is 5.92 Å². The Morgan fingerprint density at radius 2 is 1.81 bits per heavy atom. The van der Waals surface area contributed by atoms with E-state index in [9.17, 15) is 4.79 Å². The van der Waals surface area contributed by atoms with E-state index in [4.69, 9.17) is 11.6 Å². The lowest BCUT2D eigenvalue weighted by Crippen LogP contribution is -2.46. The molecule has 2 aliphatic rings. The molecule has 2 saturated heterocycles. The molecule has 1 amide bonds. The van der Waals surface area contributed by atoms with Gasteiger partial charge in [-0.1, -0.05) is 48.0 Å². The Kier molecular flexibility index (Phi) is 5.77. The first-order chi connectivity index (χ1) is 15.1. The average Bonchev–Trinajstić information content (AvgIpc) is 3.31. The zero-order chi connectivity index (χ0) is 21.4. The maximum Gasteiger partial charge on any atom is 0.270 e. The minimum atomic E-state index is 0.115. The highest BCUT2D eigenvalue weighted by Crippen LogP contribution is 2.40. The first-order valence-corrected chi connectivity index (χ1v) is 11.9. The van der Waals surface area contributed by atoms with Crippen LogP contribution in [0.5, 0.6) is 0 Å². The second kappa shape index (κ2) is 8.68. The van der Waals surface area contributed by atoms with Gasteiger partial charge in [0.05, 0.1) is 0 Å². The van der Waals surface area contributed by atoms with E-state index < -0.39 is 0 Å². The molecule has 3 heterocycles. The van der Waals surface area contributed by atoms with Gasteiger partial charge < -0.3 is 9.88 Å². The standard InChI is InChI=1S/C26H30ClN3O/c1-2-29(26(31)25-15-19-7-4-6-10-24(19)28-25)16-18-13-21-11-12-22(14-18)30(21)17-20-8-3-5-9-23(20)27/h3-10,15,18,21-22,28H,2,11-14,16-17H2,1H3. The minimum absolute atomic E-state index is 0.115. The summed E-state index contributed by atoms with van der Waals surface area (Å²) in [4.78, 5) is 21.2. The highest BCUT2D eigenvalue weighted by Gasteiger charge is 2.41. The van der Waals surface area contributed by atoms with Crippen LogP contribution in [0.25, 0.3) is 10.9 Å². The van der Waals surface area contributed by atoms with Crippen molar-refractivity contribution in [2.45, 2.75) is 51.2 Å². The zero-order valence-electron chi connectivity index (χ0n) is 18.1. The van der Waals surface area contributed by atoms with Crippen LogP contribution in [0, 0.1) is 5.92 Å². The third-order valence-electron chi connectivity index (χ3n) is 7.20. The quantitative estimate of drug-likeness (QED) is 0.537. The summed E-state index contributed by atoms with van der Waals surface area (Å²) in [6, 6.07) is 19.5. The molecule has 1 aromatic heterocycles. The molecule has 5 rings (SSSR count). The van der Waals surface area contributed by atoms with E-state index >= 15 is 0 Å². The summed E-state index contributed by atoms with van der Waals surface area (Å²) in [5, 5.41) is 1.96. The van der Waals surface area contributed by atoms with Crippen LogP contribution >= 0.6 is 11.6 Å². The molecule has 4 nitrogen and oxygen atoms in total. The molecule has 162 valence electrons. The zero-order valence-corrected chi connectivity index (χ0v) is 18.8. The number of nitrogens with zero attached hydrogens (tertiary/aromatic N) is 2. The molecule has 2 fully saturated rings. The minimum Gasteiger partial charge on any atom is -0.351 e. The predicted octanol–water partition coefficient (Wildman–Crippen LogP) is 5.73. The molecular weight excluding hydrogens is 406 g/mol. The Labute approximate surface area is 189 Å². The second-order valence-corrected chi connectivity index (χ2v) is 9.51. The van der Waals surface area contributed by atoms with E-state index in [-0.39, 0.29) is 5.91 Å². The first-order valence-electron chi connectivity index (χ1n) is 11.5. The van der Waals surface area contributed by atoms with E-state index in [0.29, 0.717) is 23.7 Å². The topological polar surface area (TPSA) is 39.3 Å². The van der Waals surface area contributed by atoms with Crippen molar-refractivity contribution in [3.8, 4) is 0 Å². The lowest BCUT2D eigenvalue weighted by atomic mass is 9.89. The van der Waals surface area contributed by atoms with Gasteiger partial charge in [-0.05, 0) is 62.3 Å². The molecule has 2 bridgehead atoms. The van der Waals surface area contributed by atoms with Gasteiger partial charge in [-0.2, -0.15) is 0 Å². The van der Waals surface area contributed by atoms with Crippen molar-refractivity contribution in [3.63, 3.8) is 0 Å². The van der Waals surface area contributed by atoms with Crippen molar-refractivity contribution < 1.29 is 4.79 Å². The molecule has 2 atom stereocenters. The Balaban J connectivity index is 1.25. The van der Waals surface area contributed by atoms with Crippen LogP contribution in [0.3, 0.4) is 0 Å². The molecule has 0 spiro atoms. The fourth-order valence-electron chi connectivity index (χ4n) is 5.64. The number of hydrogen-bond donors (Lipinski definition) is 1. The Morgan fingerprint density at radius 1 is 1.10 bits per heavy atom. The number of piperidine rings is 1. The lowest BCUT2D eigenvalue weighted by molar-refractivity contribution is 0.0588. The number of benzene rings is 2. The second-order valence-electron chi connectivity index (χ2n) is 9.10. The molecule has 3 aromatic rings. The SMILES string of the molecule is CCN(CC1CC2CCC(C1)N2Cc1ccccc1Cl)C(=O)c1cc2ccccc2[nH]1. The van der Waals surface area contributed by atoms with Gasteiger partial charge in [0.1, 0.15) is 5.69 Å². The van der Waals surface area contributed by atoms with Crippen molar-refractivity contribution in [1.82, 2.24) is 14.8 Å². The Hall–Kier alpha value is -2.30. The Bertz CT molecular complexity index is 1030. The number of halogens is 1. The van der Waals surface area contributed by atoms with Gasteiger partial charge in [-0.15, -0.1) is 0 Å². The van der Waals surface area contributed by atoms with Crippen LogP contribution in [0.4, 0.5) is 0 Å². The van der Waals surface area contributed by atoms with Gasteiger partial charge in [0.15, 0.2) is 0 Å². The van der Waals surface area contributed by atoms with Gasteiger partial charge in [-0.25, -0.2) is 0 Å². The van der Waals surface area contributed by atoms with Crippen LogP contribution < -0.4 is 0 Å². The van der Waals surface area contributed by atoms with Gasteiger partial charge in [0, 0.05) is 47.6 Å². The van der Waals surface area contributed by atoms with Gasteiger partial charge in [-0.3, -0.25) is 9.69 Å². The number of carbonyl (C=O) groups is 1. The molecule has 2 unspecified atom stereocenters. The number of rotatable bonds is 6. The highest BCUT2D eigenvalue weighted by atomic mass is 35.5. The van der Waals surface area contributed by atoms with Crippen LogP contribution in [0.2, 0.25) is 5.02 Å². The van der Waals surface area contributed by atoms with E-state index in [1.54, 1.807) is 0 Å². The van der Waals surface area contributed by atoms with E-state index in [2.05, 4.69) is 28.9 Å². The monoisotopic (exact) mass is 435 g/mol. The maximum atomic E-state index is 13.2. The smallest absolute Gasteiger partial charge is 0.270 e. The van der Waals surface area contributed by atoms with Crippen molar-refractivity contribution >= 4 is 28.4 Å². The van der Waals surface area contributed by atoms with Gasteiger partial charge >= 0.3 is 0 Å². The number of carbonyl (C=O) groups excluding carboxylic acids is 1. The highest BCUT2D eigenvalue weighted by molar-refractivity contribution is 6.31. The lowest BCUT2D eigenvalue weighted by Gasteiger charge is -2.40. The van der Waals surface area contributed by atoms with Crippen molar-refractivity contribution in [1.29, 1.82) is 0 Å². The molecular formula is C26H30ClN3O. The number of fused-ring (bicyclic) bond motifs is 3. The maximum absolute atomic E-state index is 13.2. The van der Waals surface area contributed by atoms with Crippen LogP contribution in [0.1, 0.15) is 48.7 Å². The summed E-state index contributed by atoms with van der Waals surface area (Å²) >= 11 is 6.42. The van der Waals surface area contributed by atoms with Crippen LogP contribution in [-0.4, -0.2) is 45.9 Å². The molecule has 2 aliphatic heterocycles. The predicted molar refractivity (Wildman–Crippen MR) is 126 cm³/mol. The molecule has 1 N–H and O–H groups in total. The summed E-state index contributed by atoms with van der Waals surface area (Å²) < 4.78 is 0. The first kappa shape index (κ1) is 20.6. The summed E-state index contributed by atoms with van der Waals surface area (Å²) in [6.45, 7) is 4.61. The molecule has 0 radical (unpaired) electrons.